The first-order chi connectivity index (χ1) is 7.12. The van der Waals surface area contributed by atoms with E-state index in [1.165, 1.54) is 0 Å². The molecule has 0 bridgehead atoms. The van der Waals surface area contributed by atoms with Crippen molar-refractivity contribution in [1.29, 1.82) is 0 Å². The minimum atomic E-state index is -3.11. The first-order valence-electron chi connectivity index (χ1n) is 5.25. The number of hydrogen-bond donors (Lipinski definition) is 0. The number of rotatable bonds is 5. The molecule has 1 saturated heterocycles. The maximum absolute atomic E-state index is 12.2. The monoisotopic (exact) mass is 299 g/mol. The van der Waals surface area contributed by atoms with Crippen molar-refractivity contribution in [3.8, 4) is 0 Å². The molecule has 1 rings (SSSR count). The van der Waals surface area contributed by atoms with Gasteiger partial charge >= 0.3 is 0 Å². The van der Waals surface area contributed by atoms with Gasteiger partial charge in [0.15, 0.2) is 0 Å². The van der Waals surface area contributed by atoms with Gasteiger partial charge in [0.2, 0.25) is 10.0 Å². The lowest BCUT2D eigenvalue weighted by Gasteiger charge is -2.28. The molecule has 0 N–H and O–H groups in total. The summed E-state index contributed by atoms with van der Waals surface area (Å²) in [6.45, 7) is 4.10. The Balaban J connectivity index is 2.69. The molecule has 0 aromatic carbocycles. The van der Waals surface area contributed by atoms with E-state index in [4.69, 9.17) is 4.74 Å². The highest BCUT2D eigenvalue weighted by molar-refractivity contribution is 9.09. The van der Waals surface area contributed by atoms with Crippen LogP contribution in [0.2, 0.25) is 0 Å². The molecule has 90 valence electrons. The van der Waals surface area contributed by atoms with Gasteiger partial charge in [0.05, 0.1) is 5.25 Å². The summed E-state index contributed by atoms with van der Waals surface area (Å²) in [6, 6.07) is 0. The van der Waals surface area contributed by atoms with E-state index in [2.05, 4.69) is 15.9 Å². The molecule has 0 radical (unpaired) electrons. The Labute approximate surface area is 100 Å². The lowest BCUT2D eigenvalue weighted by molar-refractivity contribution is 0.0973. The van der Waals surface area contributed by atoms with Crippen LogP contribution in [0.15, 0.2) is 0 Å². The van der Waals surface area contributed by atoms with Crippen molar-refractivity contribution in [2.45, 2.75) is 25.0 Å². The molecule has 1 heterocycles. The van der Waals surface area contributed by atoms with E-state index < -0.39 is 10.0 Å². The van der Waals surface area contributed by atoms with E-state index in [9.17, 15) is 8.42 Å². The molecule has 0 unspecified atom stereocenters. The van der Waals surface area contributed by atoms with Gasteiger partial charge in [0, 0.05) is 31.6 Å². The maximum atomic E-state index is 12.2. The van der Waals surface area contributed by atoms with Gasteiger partial charge in [0.25, 0.3) is 0 Å². The molecule has 1 fully saturated rings. The summed E-state index contributed by atoms with van der Waals surface area (Å²) in [6.07, 6.45) is 1.25. The standard InChI is InChI=1S/C9H18BrNO3S/c1-2-11(6-5-10)15(12,13)9-3-7-14-8-4-9/h9H,2-8H2,1H3. The maximum Gasteiger partial charge on any atom is 0.217 e. The van der Waals surface area contributed by atoms with E-state index in [1.807, 2.05) is 6.92 Å². The van der Waals surface area contributed by atoms with Gasteiger partial charge < -0.3 is 4.74 Å². The van der Waals surface area contributed by atoms with Crippen LogP contribution in [0.25, 0.3) is 0 Å². The quantitative estimate of drug-likeness (QED) is 0.717. The Bertz CT molecular complexity index is 264. The summed E-state index contributed by atoms with van der Waals surface area (Å²) in [4.78, 5) is 0. The van der Waals surface area contributed by atoms with Crippen LogP contribution in [0.4, 0.5) is 0 Å². The molecule has 0 aliphatic carbocycles. The third kappa shape index (κ3) is 3.41. The van der Waals surface area contributed by atoms with Gasteiger partial charge in [-0.15, -0.1) is 0 Å². The van der Waals surface area contributed by atoms with Gasteiger partial charge in [-0.05, 0) is 12.8 Å². The molecule has 1 aliphatic heterocycles. The molecule has 0 aromatic heterocycles. The number of ether oxygens (including phenoxy) is 1. The lowest BCUT2D eigenvalue weighted by atomic mass is 10.2. The van der Waals surface area contributed by atoms with Crippen LogP contribution < -0.4 is 0 Å². The lowest BCUT2D eigenvalue weighted by Crippen LogP contribution is -2.42. The molecule has 4 nitrogen and oxygen atoms in total. The van der Waals surface area contributed by atoms with Gasteiger partial charge in [-0.3, -0.25) is 0 Å². The predicted molar refractivity (Wildman–Crippen MR) is 63.8 cm³/mol. The van der Waals surface area contributed by atoms with Crippen molar-refractivity contribution in [1.82, 2.24) is 4.31 Å². The highest BCUT2D eigenvalue weighted by Crippen LogP contribution is 2.19. The van der Waals surface area contributed by atoms with Crippen molar-refractivity contribution < 1.29 is 13.2 Å². The second-order valence-electron chi connectivity index (χ2n) is 3.54. The largest absolute Gasteiger partial charge is 0.381 e. The van der Waals surface area contributed by atoms with E-state index in [0.29, 0.717) is 44.5 Å². The van der Waals surface area contributed by atoms with E-state index >= 15 is 0 Å². The predicted octanol–water partition coefficient (Wildman–Crippen LogP) is 1.21. The fourth-order valence-electron chi connectivity index (χ4n) is 1.74. The van der Waals surface area contributed by atoms with Crippen molar-refractivity contribution in [2.24, 2.45) is 0 Å². The van der Waals surface area contributed by atoms with Crippen molar-refractivity contribution in [3.63, 3.8) is 0 Å². The van der Waals surface area contributed by atoms with Crippen LogP contribution in [-0.2, 0) is 14.8 Å². The summed E-state index contributed by atoms with van der Waals surface area (Å²) in [5.74, 6) is 0. The minimum Gasteiger partial charge on any atom is -0.381 e. The Morgan fingerprint density at radius 1 is 1.40 bits per heavy atom. The SMILES string of the molecule is CCN(CCBr)S(=O)(=O)C1CCOCC1. The highest BCUT2D eigenvalue weighted by atomic mass is 79.9. The third-order valence-electron chi connectivity index (χ3n) is 2.64. The molecule has 1 aliphatic rings. The van der Waals surface area contributed by atoms with E-state index in [0.717, 1.165) is 0 Å². The van der Waals surface area contributed by atoms with E-state index in [-0.39, 0.29) is 5.25 Å². The Kier molecular flexibility index (Phi) is 5.52. The summed E-state index contributed by atoms with van der Waals surface area (Å²) in [7, 11) is -3.11. The first-order valence-corrected chi connectivity index (χ1v) is 7.88. The molecule has 0 spiro atoms. The van der Waals surface area contributed by atoms with Crippen LogP contribution in [0.1, 0.15) is 19.8 Å². The molecular formula is C9H18BrNO3S. The number of halogens is 1. The van der Waals surface area contributed by atoms with Crippen molar-refractivity contribution >= 4 is 26.0 Å². The zero-order chi connectivity index (χ0) is 11.3. The second kappa shape index (κ2) is 6.18. The molecule has 0 saturated carbocycles. The second-order valence-corrected chi connectivity index (χ2v) is 6.54. The third-order valence-corrected chi connectivity index (χ3v) is 5.47. The Hall–Kier alpha value is 0.350. The fourth-order valence-corrected chi connectivity index (χ4v) is 4.32. The van der Waals surface area contributed by atoms with Gasteiger partial charge in [-0.25, -0.2) is 12.7 Å². The van der Waals surface area contributed by atoms with Crippen LogP contribution in [-0.4, -0.2) is 49.6 Å². The molecular weight excluding hydrogens is 282 g/mol. The number of nitrogens with zero attached hydrogens (tertiary/aromatic N) is 1. The van der Waals surface area contributed by atoms with Crippen LogP contribution in [0, 0.1) is 0 Å². The van der Waals surface area contributed by atoms with Gasteiger partial charge in [-0.2, -0.15) is 0 Å². The molecule has 6 heteroatoms. The fraction of sp³-hybridized carbons (Fsp3) is 1.00. The molecule has 0 aromatic rings. The van der Waals surface area contributed by atoms with Crippen LogP contribution in [0.5, 0.6) is 0 Å². The molecule has 0 amide bonds. The molecule has 0 atom stereocenters. The average Bonchev–Trinajstić information content (AvgIpc) is 2.27. The van der Waals surface area contributed by atoms with Crippen LogP contribution >= 0.6 is 15.9 Å². The van der Waals surface area contributed by atoms with Gasteiger partial charge in [0.1, 0.15) is 0 Å². The Morgan fingerprint density at radius 2 is 2.00 bits per heavy atom. The zero-order valence-corrected chi connectivity index (χ0v) is 11.4. The number of hydrogen-bond acceptors (Lipinski definition) is 3. The van der Waals surface area contributed by atoms with Gasteiger partial charge in [-0.1, -0.05) is 22.9 Å². The van der Waals surface area contributed by atoms with E-state index in [1.54, 1.807) is 4.31 Å². The summed E-state index contributed by atoms with van der Waals surface area (Å²) >= 11 is 3.28. The number of sulfonamides is 1. The number of alkyl halides is 1. The van der Waals surface area contributed by atoms with Crippen LogP contribution in [0.3, 0.4) is 0 Å². The minimum absolute atomic E-state index is 0.245. The molecule has 15 heavy (non-hydrogen) atoms. The summed E-state index contributed by atoms with van der Waals surface area (Å²) in [5, 5.41) is 0.439. The highest BCUT2D eigenvalue weighted by Gasteiger charge is 2.31. The Morgan fingerprint density at radius 3 is 2.47 bits per heavy atom. The smallest absolute Gasteiger partial charge is 0.217 e. The normalized spacial score (nSPS) is 19.7. The van der Waals surface area contributed by atoms with Crippen molar-refractivity contribution in [2.75, 3.05) is 31.6 Å². The summed E-state index contributed by atoms with van der Waals surface area (Å²) < 4.78 is 31.0. The average molecular weight is 300 g/mol. The van der Waals surface area contributed by atoms with Crippen molar-refractivity contribution in [3.05, 3.63) is 0 Å². The zero-order valence-electron chi connectivity index (χ0n) is 8.99. The first kappa shape index (κ1) is 13.4. The topological polar surface area (TPSA) is 46.6 Å². The summed E-state index contributed by atoms with van der Waals surface area (Å²) in [5.41, 5.74) is 0.